The summed E-state index contributed by atoms with van der Waals surface area (Å²) < 4.78 is 14.5. The summed E-state index contributed by atoms with van der Waals surface area (Å²) in [7, 11) is 0. The highest BCUT2D eigenvalue weighted by molar-refractivity contribution is 6.13. The van der Waals surface area contributed by atoms with E-state index in [-0.39, 0.29) is 17.2 Å². The molecule has 4 amide bonds. The number of hydrogen-bond donors (Lipinski definition) is 2. The minimum Gasteiger partial charge on any atom is -0.326 e. The average molecular weight is 445 g/mol. The highest BCUT2D eigenvalue weighted by Crippen LogP contribution is 2.36. The summed E-state index contributed by atoms with van der Waals surface area (Å²) in [5.41, 5.74) is -0.528. The highest BCUT2D eigenvalue weighted by Gasteiger charge is 2.54. The molecule has 0 spiro atoms. The number of nitrogens with one attached hydrogen (secondary N) is 2. The minimum atomic E-state index is -1.51. The Balaban J connectivity index is 1.66. The number of nitrogens with zero attached hydrogens (tertiary/aromatic N) is 1. The van der Waals surface area contributed by atoms with Crippen LogP contribution in [0.4, 0.5) is 14.9 Å². The normalized spacial score (nSPS) is 14.7. The van der Waals surface area contributed by atoms with Crippen molar-refractivity contribution in [1.29, 1.82) is 0 Å². The fourth-order valence-corrected chi connectivity index (χ4v) is 3.90. The van der Waals surface area contributed by atoms with Crippen molar-refractivity contribution >= 4 is 29.3 Å². The second-order valence-electron chi connectivity index (χ2n) is 7.60. The van der Waals surface area contributed by atoms with Gasteiger partial charge in [0.2, 0.25) is 5.91 Å². The van der Waals surface area contributed by atoms with E-state index in [4.69, 9.17) is 0 Å². The molecule has 0 saturated carbocycles. The Bertz CT molecular complexity index is 1210. The summed E-state index contributed by atoms with van der Waals surface area (Å²) in [6, 6.07) is 20.3. The molecule has 1 aliphatic rings. The van der Waals surface area contributed by atoms with Gasteiger partial charge < -0.3 is 10.6 Å². The SMILES string of the molecule is CC(=O)Nc1ccc(C(=O)CN2C(=O)NC(c3ccccc3)(c3ccccc3)C2=O)c(F)c1. The maximum Gasteiger partial charge on any atom is 0.325 e. The molecule has 1 aliphatic heterocycles. The van der Waals surface area contributed by atoms with Crippen LogP contribution in [0.25, 0.3) is 0 Å². The molecule has 0 aromatic heterocycles. The molecule has 1 saturated heterocycles. The van der Waals surface area contributed by atoms with Crippen LogP contribution in [0.1, 0.15) is 28.4 Å². The molecule has 0 bridgehead atoms. The van der Waals surface area contributed by atoms with Gasteiger partial charge in [0.1, 0.15) is 5.82 Å². The molecule has 3 aromatic rings. The van der Waals surface area contributed by atoms with E-state index >= 15 is 0 Å². The van der Waals surface area contributed by atoms with Gasteiger partial charge in [-0.2, -0.15) is 0 Å². The van der Waals surface area contributed by atoms with Crippen molar-refractivity contribution in [3.05, 3.63) is 101 Å². The molecule has 1 heterocycles. The lowest BCUT2D eigenvalue weighted by molar-refractivity contribution is -0.130. The zero-order valence-electron chi connectivity index (χ0n) is 17.7. The van der Waals surface area contributed by atoms with Crippen LogP contribution in [0.15, 0.2) is 78.9 Å². The van der Waals surface area contributed by atoms with Crippen molar-refractivity contribution in [2.75, 3.05) is 11.9 Å². The number of anilines is 1. The third-order valence-corrected chi connectivity index (χ3v) is 5.41. The van der Waals surface area contributed by atoms with Crippen molar-refractivity contribution in [2.45, 2.75) is 12.5 Å². The molecule has 2 N–H and O–H groups in total. The van der Waals surface area contributed by atoms with Crippen molar-refractivity contribution in [1.82, 2.24) is 10.2 Å². The quantitative estimate of drug-likeness (QED) is 0.449. The van der Waals surface area contributed by atoms with E-state index in [1.165, 1.54) is 19.1 Å². The first-order valence-corrected chi connectivity index (χ1v) is 10.2. The van der Waals surface area contributed by atoms with Gasteiger partial charge in [0.15, 0.2) is 11.3 Å². The number of imide groups is 1. The van der Waals surface area contributed by atoms with Gasteiger partial charge in [-0.1, -0.05) is 60.7 Å². The molecule has 4 rings (SSSR count). The van der Waals surface area contributed by atoms with Crippen LogP contribution < -0.4 is 10.6 Å². The molecule has 1 fully saturated rings. The van der Waals surface area contributed by atoms with E-state index in [9.17, 15) is 23.6 Å². The monoisotopic (exact) mass is 445 g/mol. The average Bonchev–Trinajstić information content (AvgIpc) is 3.05. The van der Waals surface area contributed by atoms with Crippen LogP contribution in [0.5, 0.6) is 0 Å². The summed E-state index contributed by atoms with van der Waals surface area (Å²) in [5.74, 6) is -2.63. The van der Waals surface area contributed by atoms with Crippen LogP contribution in [0, 0.1) is 5.82 Å². The second-order valence-corrected chi connectivity index (χ2v) is 7.60. The Morgan fingerprint density at radius 1 is 0.939 bits per heavy atom. The number of hydrogen-bond acceptors (Lipinski definition) is 4. The molecular weight excluding hydrogens is 425 g/mol. The third kappa shape index (κ3) is 3.98. The van der Waals surface area contributed by atoms with Crippen LogP contribution in [-0.2, 0) is 15.1 Å². The molecule has 3 aromatic carbocycles. The van der Waals surface area contributed by atoms with Crippen LogP contribution in [0.3, 0.4) is 0 Å². The van der Waals surface area contributed by atoms with Gasteiger partial charge in [-0.25, -0.2) is 9.18 Å². The molecule has 7 nitrogen and oxygen atoms in total. The largest absolute Gasteiger partial charge is 0.326 e. The van der Waals surface area contributed by atoms with Crippen molar-refractivity contribution in [3.8, 4) is 0 Å². The Morgan fingerprint density at radius 2 is 1.52 bits per heavy atom. The number of Topliss-reactive ketones (excluding diaryl/α,β-unsaturated/α-hetero) is 1. The number of rotatable bonds is 6. The van der Waals surface area contributed by atoms with E-state index in [0.29, 0.717) is 11.1 Å². The zero-order chi connectivity index (χ0) is 23.6. The molecule has 0 aliphatic carbocycles. The Morgan fingerprint density at radius 3 is 2.03 bits per heavy atom. The summed E-state index contributed by atoms with van der Waals surface area (Å²) >= 11 is 0. The van der Waals surface area contributed by atoms with Gasteiger partial charge >= 0.3 is 6.03 Å². The lowest BCUT2D eigenvalue weighted by Gasteiger charge is -2.28. The van der Waals surface area contributed by atoms with Crippen LogP contribution in [-0.4, -0.2) is 35.1 Å². The zero-order valence-corrected chi connectivity index (χ0v) is 17.7. The Hall–Kier alpha value is -4.33. The van der Waals surface area contributed by atoms with Crippen molar-refractivity contribution < 1.29 is 23.6 Å². The van der Waals surface area contributed by atoms with E-state index < -0.39 is 35.6 Å². The van der Waals surface area contributed by atoms with E-state index in [2.05, 4.69) is 10.6 Å². The third-order valence-electron chi connectivity index (χ3n) is 5.41. The summed E-state index contributed by atoms with van der Waals surface area (Å²) in [5, 5.41) is 5.17. The number of urea groups is 1. The number of amides is 4. The van der Waals surface area contributed by atoms with E-state index in [1.54, 1.807) is 60.7 Å². The fourth-order valence-electron chi connectivity index (χ4n) is 3.90. The topological polar surface area (TPSA) is 95.6 Å². The van der Waals surface area contributed by atoms with Crippen LogP contribution in [0.2, 0.25) is 0 Å². The maximum atomic E-state index is 14.5. The fraction of sp³-hybridized carbons (Fsp3) is 0.120. The number of ketones is 1. The van der Waals surface area contributed by atoms with Crippen molar-refractivity contribution in [3.63, 3.8) is 0 Å². The lowest BCUT2D eigenvalue weighted by atomic mass is 9.82. The van der Waals surface area contributed by atoms with Gasteiger partial charge in [-0.05, 0) is 29.3 Å². The Labute approximate surface area is 189 Å². The number of carbonyl (C=O) groups is 4. The molecule has 8 heteroatoms. The number of halogens is 1. The first-order chi connectivity index (χ1) is 15.8. The van der Waals surface area contributed by atoms with E-state index in [0.717, 1.165) is 11.0 Å². The first kappa shape index (κ1) is 21.9. The summed E-state index contributed by atoms with van der Waals surface area (Å²) in [4.78, 5) is 51.3. The predicted octanol–water partition coefficient (Wildman–Crippen LogP) is 3.46. The van der Waals surface area contributed by atoms with Gasteiger partial charge in [0.25, 0.3) is 5.91 Å². The Kier molecular flexibility index (Phi) is 5.74. The van der Waals surface area contributed by atoms with Gasteiger partial charge in [0.05, 0.1) is 12.1 Å². The molecular formula is C25H20FN3O4. The predicted molar refractivity (Wildman–Crippen MR) is 119 cm³/mol. The number of carbonyl (C=O) groups excluding carboxylic acids is 4. The van der Waals surface area contributed by atoms with Crippen molar-refractivity contribution in [2.24, 2.45) is 0 Å². The number of benzene rings is 3. The molecule has 33 heavy (non-hydrogen) atoms. The molecule has 0 radical (unpaired) electrons. The van der Waals surface area contributed by atoms with Gasteiger partial charge in [0, 0.05) is 12.6 Å². The molecule has 0 atom stereocenters. The minimum absolute atomic E-state index is 0.193. The standard InChI is InChI=1S/C25H20FN3O4/c1-16(30)27-19-12-13-20(21(26)14-19)22(31)15-29-23(32)25(28-24(29)33,17-8-4-2-5-9-17)18-10-6-3-7-11-18/h2-14H,15H2,1H3,(H,27,30)(H,28,33). The maximum absolute atomic E-state index is 14.5. The second kappa shape index (κ2) is 8.66. The van der Waals surface area contributed by atoms with E-state index in [1.807, 2.05) is 0 Å². The first-order valence-electron chi connectivity index (χ1n) is 10.2. The smallest absolute Gasteiger partial charge is 0.325 e. The molecule has 166 valence electrons. The lowest BCUT2D eigenvalue weighted by Crippen LogP contribution is -2.45. The molecule has 0 unspecified atom stereocenters. The van der Waals surface area contributed by atoms with Crippen LogP contribution >= 0.6 is 0 Å². The van der Waals surface area contributed by atoms with Gasteiger partial charge in [-0.15, -0.1) is 0 Å². The summed E-state index contributed by atoms with van der Waals surface area (Å²) in [6.07, 6.45) is 0. The summed E-state index contributed by atoms with van der Waals surface area (Å²) in [6.45, 7) is 0.642. The van der Waals surface area contributed by atoms with Gasteiger partial charge in [-0.3, -0.25) is 19.3 Å². The highest BCUT2D eigenvalue weighted by atomic mass is 19.1.